The van der Waals surface area contributed by atoms with E-state index in [0.29, 0.717) is 26.2 Å². The van der Waals surface area contributed by atoms with Crippen molar-refractivity contribution in [3.63, 3.8) is 0 Å². The second-order valence-corrected chi connectivity index (χ2v) is 5.81. The molecule has 0 amide bonds. The third-order valence-corrected chi connectivity index (χ3v) is 3.58. The van der Waals surface area contributed by atoms with Crippen LogP contribution in [0.1, 0.15) is 13.3 Å². The summed E-state index contributed by atoms with van der Waals surface area (Å²) in [7, 11) is 0. The van der Waals surface area contributed by atoms with Gasteiger partial charge in [0.15, 0.2) is 18.3 Å². The lowest BCUT2D eigenvalue weighted by Crippen LogP contribution is -2.32. The van der Waals surface area contributed by atoms with E-state index in [-0.39, 0.29) is 19.8 Å². The molecule has 6 N–H and O–H groups in total. The van der Waals surface area contributed by atoms with Crippen LogP contribution in [0.15, 0.2) is 0 Å². The predicted molar refractivity (Wildman–Crippen MR) is 86.1 cm³/mol. The molecule has 0 aromatic rings. The Bertz CT molecular complexity index is 394. The second-order valence-electron chi connectivity index (χ2n) is 5.81. The van der Waals surface area contributed by atoms with Gasteiger partial charge in [0.05, 0.1) is 39.6 Å². The number of aliphatic hydroxyl groups is 3. The van der Waals surface area contributed by atoms with E-state index in [1.165, 1.54) is 0 Å². The second kappa shape index (κ2) is 12.5. The molecule has 0 saturated carbocycles. The van der Waals surface area contributed by atoms with Crippen LogP contribution in [0, 0.1) is 5.41 Å². The lowest BCUT2D eigenvalue weighted by Gasteiger charge is -2.24. The lowest BCUT2D eigenvalue weighted by atomic mass is 9.88. The summed E-state index contributed by atoms with van der Waals surface area (Å²) in [4.78, 5) is 28.9. The molecule has 0 bridgehead atoms. The van der Waals surface area contributed by atoms with Crippen LogP contribution in [0.5, 0.6) is 0 Å². The van der Waals surface area contributed by atoms with Gasteiger partial charge in [-0.15, -0.1) is 0 Å². The summed E-state index contributed by atoms with van der Waals surface area (Å²) in [5.74, 6) is -2.56. The predicted octanol–water partition coefficient (Wildman–Crippen LogP) is -2.23. The Kier molecular flexibility index (Phi) is 11.7. The van der Waals surface area contributed by atoms with Crippen LogP contribution in [0.2, 0.25) is 0 Å². The summed E-state index contributed by atoms with van der Waals surface area (Å²) < 4.78 is 13.1. The number of aliphatic hydroxyl groups excluding tert-OH is 3. The third-order valence-electron chi connectivity index (χ3n) is 3.58. The topological polar surface area (TPSA) is 210 Å². The van der Waals surface area contributed by atoms with Gasteiger partial charge in [-0.25, -0.2) is 14.4 Å². The minimum absolute atomic E-state index is 0.156. The van der Waals surface area contributed by atoms with E-state index in [4.69, 9.17) is 30.6 Å². The van der Waals surface area contributed by atoms with Gasteiger partial charge >= 0.3 is 17.9 Å². The highest BCUT2D eigenvalue weighted by Crippen LogP contribution is 2.18. The van der Waals surface area contributed by atoms with Crippen molar-refractivity contribution in [2.45, 2.75) is 31.7 Å². The van der Waals surface area contributed by atoms with Crippen molar-refractivity contribution < 1.29 is 59.2 Å². The largest absolute Gasteiger partial charge is 0.479 e. The molecule has 0 aromatic heterocycles. The molecule has 0 radical (unpaired) electrons. The number of hydrogen-bond donors (Lipinski definition) is 6. The SMILES string of the molecule is CCC(CO)(CO)CO.O=C(O)C1CO1.O=C(O)C1CO1.O=C(O)C1CO1. The van der Waals surface area contributed by atoms with E-state index < -0.39 is 41.6 Å². The van der Waals surface area contributed by atoms with Crippen molar-refractivity contribution in [3.05, 3.63) is 0 Å². The minimum Gasteiger partial charge on any atom is -0.479 e. The summed E-state index contributed by atoms with van der Waals surface area (Å²) >= 11 is 0. The molecule has 3 aliphatic rings. The van der Waals surface area contributed by atoms with Gasteiger partial charge in [-0.1, -0.05) is 6.92 Å². The van der Waals surface area contributed by atoms with Gasteiger partial charge in [0.25, 0.3) is 0 Å². The van der Waals surface area contributed by atoms with Crippen LogP contribution in [0.3, 0.4) is 0 Å². The van der Waals surface area contributed by atoms with Gasteiger partial charge in [0, 0.05) is 5.41 Å². The van der Waals surface area contributed by atoms with E-state index in [9.17, 15) is 14.4 Å². The molecule has 0 aromatic carbocycles. The fraction of sp³-hybridized carbons (Fsp3) is 0.800. The lowest BCUT2D eigenvalue weighted by molar-refractivity contribution is -0.139. The van der Waals surface area contributed by atoms with E-state index in [0.717, 1.165) is 0 Å². The van der Waals surface area contributed by atoms with E-state index >= 15 is 0 Å². The Morgan fingerprint density at radius 2 is 0.963 bits per heavy atom. The number of carboxylic acid groups (broad SMARTS) is 3. The molecule has 12 heteroatoms. The maximum Gasteiger partial charge on any atom is 0.335 e. The monoisotopic (exact) mass is 398 g/mol. The Hall–Kier alpha value is -1.83. The summed E-state index contributed by atoms with van der Waals surface area (Å²) in [6.45, 7) is 2.55. The van der Waals surface area contributed by atoms with Crippen molar-refractivity contribution >= 4 is 17.9 Å². The van der Waals surface area contributed by atoms with Crippen LogP contribution < -0.4 is 0 Å². The fourth-order valence-corrected chi connectivity index (χ4v) is 1.06. The van der Waals surface area contributed by atoms with Crippen molar-refractivity contribution in [1.82, 2.24) is 0 Å². The molecular formula is C15H26O12. The van der Waals surface area contributed by atoms with Crippen LogP contribution in [0.25, 0.3) is 0 Å². The standard InChI is InChI=1S/C6H14O3.3C3H4O3/c1-2-6(3-7,4-8)5-9;3*4-3(5)2-1-6-2/h7-9H,2-5H2,1H3;3*2H,1H2,(H,4,5). The van der Waals surface area contributed by atoms with Gasteiger partial charge < -0.3 is 44.8 Å². The molecule has 3 unspecified atom stereocenters. The molecule has 0 aliphatic carbocycles. The highest BCUT2D eigenvalue weighted by molar-refractivity contribution is 5.75. The number of hydrogen-bond acceptors (Lipinski definition) is 9. The van der Waals surface area contributed by atoms with Gasteiger partial charge in [-0.3, -0.25) is 0 Å². The van der Waals surface area contributed by atoms with Crippen molar-refractivity contribution in [1.29, 1.82) is 0 Å². The number of epoxide rings is 3. The average Bonchev–Trinajstić information content (AvgIpc) is 3.52. The molecule has 3 heterocycles. The molecular weight excluding hydrogens is 372 g/mol. The maximum absolute atomic E-state index is 9.64. The smallest absolute Gasteiger partial charge is 0.335 e. The van der Waals surface area contributed by atoms with Crippen molar-refractivity contribution in [2.75, 3.05) is 39.6 Å². The first kappa shape index (κ1) is 25.2. The first-order valence-electron chi connectivity index (χ1n) is 8.02. The number of rotatable bonds is 7. The highest BCUT2D eigenvalue weighted by Gasteiger charge is 2.31. The Balaban J connectivity index is 0.000000338. The Morgan fingerprint density at radius 1 is 0.741 bits per heavy atom. The normalized spacial score (nSPS) is 23.8. The number of carbonyl (C=O) groups is 3. The average molecular weight is 398 g/mol. The van der Waals surface area contributed by atoms with Gasteiger partial charge in [-0.05, 0) is 6.42 Å². The molecule has 3 saturated heterocycles. The van der Waals surface area contributed by atoms with Crippen molar-refractivity contribution in [2.24, 2.45) is 5.41 Å². The van der Waals surface area contributed by atoms with E-state index in [1.54, 1.807) is 0 Å². The van der Waals surface area contributed by atoms with Gasteiger partial charge in [0.1, 0.15) is 0 Å². The van der Waals surface area contributed by atoms with Crippen LogP contribution in [0.4, 0.5) is 0 Å². The summed E-state index contributed by atoms with van der Waals surface area (Å²) in [6.07, 6.45) is -0.851. The summed E-state index contributed by atoms with van der Waals surface area (Å²) in [6, 6.07) is 0. The molecule has 12 nitrogen and oxygen atoms in total. The minimum atomic E-state index is -0.852. The molecule has 158 valence electrons. The highest BCUT2D eigenvalue weighted by atomic mass is 16.6. The van der Waals surface area contributed by atoms with E-state index in [1.807, 2.05) is 6.92 Å². The zero-order valence-corrected chi connectivity index (χ0v) is 14.8. The molecule has 3 fully saturated rings. The molecule has 3 rings (SSSR count). The number of ether oxygens (including phenoxy) is 3. The third kappa shape index (κ3) is 12.2. The first-order valence-corrected chi connectivity index (χ1v) is 8.02. The van der Waals surface area contributed by atoms with Crippen LogP contribution >= 0.6 is 0 Å². The van der Waals surface area contributed by atoms with Gasteiger partial charge in [-0.2, -0.15) is 0 Å². The quantitative estimate of drug-likeness (QED) is 0.252. The van der Waals surface area contributed by atoms with Gasteiger partial charge in [0.2, 0.25) is 0 Å². The first-order chi connectivity index (χ1) is 12.7. The molecule has 3 atom stereocenters. The fourth-order valence-electron chi connectivity index (χ4n) is 1.06. The Morgan fingerprint density at radius 3 is 0.963 bits per heavy atom. The van der Waals surface area contributed by atoms with Crippen LogP contribution in [-0.2, 0) is 28.6 Å². The maximum atomic E-state index is 9.64. The summed E-state index contributed by atoms with van der Waals surface area (Å²) in [5, 5.41) is 49.8. The molecule has 27 heavy (non-hydrogen) atoms. The molecule has 3 aliphatic heterocycles. The zero-order chi connectivity index (χ0) is 21.0. The molecule has 0 spiro atoms. The van der Waals surface area contributed by atoms with Crippen LogP contribution in [-0.4, -0.2) is 107 Å². The van der Waals surface area contributed by atoms with Crippen molar-refractivity contribution in [3.8, 4) is 0 Å². The van der Waals surface area contributed by atoms with E-state index in [2.05, 4.69) is 14.2 Å². The summed E-state index contributed by atoms with van der Waals surface area (Å²) in [5.41, 5.74) is -0.667. The zero-order valence-electron chi connectivity index (χ0n) is 14.8. The Labute approximate surface area is 154 Å². The number of carboxylic acids is 3. The number of aliphatic carboxylic acids is 3.